The van der Waals surface area contributed by atoms with Crippen LogP contribution in [-0.2, 0) is 6.54 Å². The Bertz CT molecular complexity index is 832. The van der Waals surface area contributed by atoms with Crippen molar-refractivity contribution >= 4 is 11.6 Å². The van der Waals surface area contributed by atoms with Gasteiger partial charge in [-0.05, 0) is 19.1 Å². The van der Waals surface area contributed by atoms with Gasteiger partial charge in [0.05, 0.1) is 12.7 Å². The van der Waals surface area contributed by atoms with Gasteiger partial charge in [0.2, 0.25) is 0 Å². The van der Waals surface area contributed by atoms with Crippen LogP contribution in [0.1, 0.15) is 11.3 Å². The predicted molar refractivity (Wildman–Crippen MR) is 78.5 cm³/mol. The van der Waals surface area contributed by atoms with Crippen molar-refractivity contribution in [1.29, 1.82) is 0 Å². The first-order chi connectivity index (χ1) is 10.5. The Balaban J connectivity index is 1.94. The zero-order valence-electron chi connectivity index (χ0n) is 11.6. The summed E-state index contributed by atoms with van der Waals surface area (Å²) in [4.78, 5) is 7.72. The molecule has 0 aliphatic carbocycles. The molecule has 7 heteroatoms. The monoisotopic (exact) mass is 320 g/mol. The second-order valence-corrected chi connectivity index (χ2v) is 5.11. The molecule has 0 amide bonds. The van der Waals surface area contributed by atoms with Gasteiger partial charge in [-0.1, -0.05) is 29.8 Å². The van der Waals surface area contributed by atoms with E-state index in [1.807, 2.05) is 6.92 Å². The predicted octanol–water partition coefficient (Wildman–Crippen LogP) is 3.63. The van der Waals surface area contributed by atoms with E-state index >= 15 is 0 Å². The molecule has 0 atom stereocenters. The minimum atomic E-state index is -0.687. The van der Waals surface area contributed by atoms with Crippen molar-refractivity contribution in [2.45, 2.75) is 13.5 Å². The maximum absolute atomic E-state index is 13.7. The third-order valence-corrected chi connectivity index (χ3v) is 3.45. The summed E-state index contributed by atoms with van der Waals surface area (Å²) in [5.74, 6) is -0.755. The van der Waals surface area contributed by atoms with E-state index in [0.717, 1.165) is 11.9 Å². The fourth-order valence-electron chi connectivity index (χ4n) is 2.04. The van der Waals surface area contributed by atoms with E-state index in [4.69, 9.17) is 11.6 Å². The molecule has 22 heavy (non-hydrogen) atoms. The lowest BCUT2D eigenvalue weighted by atomic mass is 10.2. The summed E-state index contributed by atoms with van der Waals surface area (Å²) < 4.78 is 28.4. The maximum atomic E-state index is 13.7. The van der Waals surface area contributed by atoms with Crippen LogP contribution in [0.4, 0.5) is 8.78 Å². The molecule has 3 aromatic rings. The zero-order chi connectivity index (χ0) is 15.7. The van der Waals surface area contributed by atoms with Gasteiger partial charge >= 0.3 is 0 Å². The van der Waals surface area contributed by atoms with Gasteiger partial charge in [0.1, 0.15) is 11.5 Å². The summed E-state index contributed by atoms with van der Waals surface area (Å²) in [6, 6.07) is 8.24. The molecule has 0 N–H and O–H groups in total. The second kappa shape index (κ2) is 5.81. The highest BCUT2D eigenvalue weighted by atomic mass is 35.5. The first-order valence-electron chi connectivity index (χ1n) is 6.51. The number of halogens is 3. The van der Waals surface area contributed by atoms with Gasteiger partial charge in [0.25, 0.3) is 0 Å². The van der Waals surface area contributed by atoms with Gasteiger partial charge in [0.15, 0.2) is 16.8 Å². The lowest BCUT2D eigenvalue weighted by Gasteiger charge is -2.05. The highest BCUT2D eigenvalue weighted by Crippen LogP contribution is 2.19. The molecular weight excluding hydrogens is 310 g/mol. The Morgan fingerprint density at radius 3 is 2.68 bits per heavy atom. The Hall–Kier alpha value is -2.34. The Morgan fingerprint density at radius 1 is 1.18 bits per heavy atom. The Labute approximate surface area is 130 Å². The van der Waals surface area contributed by atoms with Crippen LogP contribution in [0.5, 0.6) is 0 Å². The summed E-state index contributed by atoms with van der Waals surface area (Å²) in [6.45, 7) is 2.12. The van der Waals surface area contributed by atoms with Crippen molar-refractivity contribution in [3.63, 3.8) is 0 Å². The van der Waals surface area contributed by atoms with Crippen molar-refractivity contribution in [3.8, 4) is 11.5 Å². The summed E-state index contributed by atoms with van der Waals surface area (Å²) in [7, 11) is 0. The standard InChI is InChI=1S/C15H11ClF2N4/c1-9-6-13(15-19-7-12(18)14(16)20-15)21-22(9)8-10-4-2-3-5-11(10)17/h2-7H,8H2,1H3. The molecule has 3 rings (SSSR count). The number of rotatable bonds is 3. The average Bonchev–Trinajstić information content (AvgIpc) is 2.85. The number of benzene rings is 1. The lowest BCUT2D eigenvalue weighted by Crippen LogP contribution is -2.05. The minimum absolute atomic E-state index is 0.224. The van der Waals surface area contributed by atoms with E-state index in [1.165, 1.54) is 6.07 Å². The van der Waals surface area contributed by atoms with Crippen molar-refractivity contribution in [1.82, 2.24) is 19.7 Å². The van der Waals surface area contributed by atoms with Gasteiger partial charge in [0, 0.05) is 11.3 Å². The van der Waals surface area contributed by atoms with E-state index < -0.39 is 5.82 Å². The third kappa shape index (κ3) is 2.82. The molecule has 0 fully saturated rings. The van der Waals surface area contributed by atoms with Crippen molar-refractivity contribution < 1.29 is 8.78 Å². The molecule has 2 heterocycles. The normalized spacial score (nSPS) is 10.9. The van der Waals surface area contributed by atoms with E-state index in [2.05, 4.69) is 15.1 Å². The highest BCUT2D eigenvalue weighted by molar-refractivity contribution is 6.29. The molecule has 2 aromatic heterocycles. The van der Waals surface area contributed by atoms with Crippen LogP contribution in [-0.4, -0.2) is 19.7 Å². The SMILES string of the molecule is Cc1cc(-c2ncc(F)c(Cl)n2)nn1Cc1ccccc1F. The highest BCUT2D eigenvalue weighted by Gasteiger charge is 2.13. The fourth-order valence-corrected chi connectivity index (χ4v) is 2.17. The van der Waals surface area contributed by atoms with Crippen LogP contribution in [0, 0.1) is 18.6 Å². The average molecular weight is 321 g/mol. The molecule has 0 radical (unpaired) electrons. The number of nitrogens with zero attached hydrogens (tertiary/aromatic N) is 4. The van der Waals surface area contributed by atoms with Gasteiger partial charge in [-0.25, -0.2) is 18.7 Å². The molecular formula is C15H11ClF2N4. The van der Waals surface area contributed by atoms with E-state index in [-0.39, 0.29) is 23.3 Å². The molecule has 0 spiro atoms. The zero-order valence-corrected chi connectivity index (χ0v) is 12.3. The van der Waals surface area contributed by atoms with E-state index in [1.54, 1.807) is 28.9 Å². The number of aryl methyl sites for hydroxylation is 1. The smallest absolute Gasteiger partial charge is 0.181 e. The summed E-state index contributed by atoms with van der Waals surface area (Å²) in [6.07, 6.45) is 0.996. The number of hydrogen-bond acceptors (Lipinski definition) is 3. The van der Waals surface area contributed by atoms with Crippen LogP contribution >= 0.6 is 11.6 Å². The third-order valence-electron chi connectivity index (χ3n) is 3.19. The van der Waals surface area contributed by atoms with Gasteiger partial charge in [-0.3, -0.25) is 4.68 Å². The number of aromatic nitrogens is 4. The van der Waals surface area contributed by atoms with Crippen LogP contribution < -0.4 is 0 Å². The molecule has 0 saturated heterocycles. The first-order valence-corrected chi connectivity index (χ1v) is 6.88. The van der Waals surface area contributed by atoms with Crippen LogP contribution in [0.3, 0.4) is 0 Å². The van der Waals surface area contributed by atoms with Gasteiger partial charge in [-0.15, -0.1) is 0 Å². The van der Waals surface area contributed by atoms with E-state index in [0.29, 0.717) is 11.3 Å². The topological polar surface area (TPSA) is 43.6 Å². The lowest BCUT2D eigenvalue weighted by molar-refractivity contribution is 0.580. The molecule has 0 unspecified atom stereocenters. The van der Waals surface area contributed by atoms with Crippen molar-refractivity contribution in [2.24, 2.45) is 0 Å². The molecule has 0 bridgehead atoms. The molecule has 112 valence electrons. The Morgan fingerprint density at radius 2 is 1.95 bits per heavy atom. The quantitative estimate of drug-likeness (QED) is 0.692. The van der Waals surface area contributed by atoms with Gasteiger partial charge < -0.3 is 0 Å². The molecule has 1 aromatic carbocycles. The van der Waals surface area contributed by atoms with Crippen LogP contribution in [0.25, 0.3) is 11.5 Å². The fraction of sp³-hybridized carbons (Fsp3) is 0.133. The number of hydrogen-bond donors (Lipinski definition) is 0. The first kappa shape index (κ1) is 14.6. The maximum Gasteiger partial charge on any atom is 0.181 e. The molecule has 0 aliphatic rings. The minimum Gasteiger partial charge on any atom is -0.265 e. The van der Waals surface area contributed by atoms with Crippen molar-refractivity contribution in [2.75, 3.05) is 0 Å². The van der Waals surface area contributed by atoms with Gasteiger partial charge in [-0.2, -0.15) is 5.10 Å². The summed E-state index contributed by atoms with van der Waals surface area (Å²) in [5.41, 5.74) is 1.79. The molecule has 4 nitrogen and oxygen atoms in total. The largest absolute Gasteiger partial charge is 0.265 e. The van der Waals surface area contributed by atoms with Crippen molar-refractivity contribution in [3.05, 3.63) is 64.6 Å². The Kier molecular flexibility index (Phi) is 3.85. The summed E-state index contributed by atoms with van der Waals surface area (Å²) in [5, 5.41) is 4.07. The van der Waals surface area contributed by atoms with E-state index in [9.17, 15) is 8.78 Å². The van der Waals surface area contributed by atoms with Crippen LogP contribution in [0.15, 0.2) is 36.5 Å². The second-order valence-electron chi connectivity index (χ2n) is 4.75. The molecule has 0 aliphatic heterocycles. The van der Waals surface area contributed by atoms with Crippen LogP contribution in [0.2, 0.25) is 5.15 Å². The molecule has 0 saturated carbocycles. The summed E-state index contributed by atoms with van der Waals surface area (Å²) >= 11 is 5.65.